The van der Waals surface area contributed by atoms with Crippen LogP contribution in [0.15, 0.2) is 6.20 Å². The van der Waals surface area contributed by atoms with Crippen molar-refractivity contribution in [1.29, 1.82) is 0 Å². The van der Waals surface area contributed by atoms with E-state index >= 15 is 0 Å². The molecule has 0 aliphatic rings. The highest BCUT2D eigenvalue weighted by molar-refractivity contribution is 5.72. The Labute approximate surface area is 61.5 Å². The number of hydrogen-bond acceptors (Lipinski definition) is 3. The number of hydrogen-bond donors (Lipinski definition) is 1. The van der Waals surface area contributed by atoms with Crippen molar-refractivity contribution in [2.45, 2.75) is 6.92 Å². The molecule has 0 aromatic carbocycles. The molecule has 0 radical (unpaired) electrons. The van der Waals surface area contributed by atoms with Gasteiger partial charge in [0, 0.05) is 6.20 Å². The quantitative estimate of drug-likeness (QED) is 0.607. The van der Waals surface area contributed by atoms with E-state index in [1.54, 1.807) is 6.92 Å². The minimum atomic E-state index is -0.486. The molecule has 0 aliphatic carbocycles. The van der Waals surface area contributed by atoms with E-state index in [1.165, 1.54) is 6.20 Å². The predicted molar refractivity (Wildman–Crippen MR) is 36.4 cm³/mol. The largest absolute Gasteiger partial charge is 0.250 e. The van der Waals surface area contributed by atoms with Gasteiger partial charge in [-0.3, -0.25) is 5.10 Å². The maximum absolute atomic E-state index is 12.7. The molecule has 0 bridgehead atoms. The zero-order chi connectivity index (χ0) is 7.84. The fraction of sp³-hybridized carbons (Fsp3) is 0.167. The summed E-state index contributed by atoms with van der Waals surface area (Å²) in [5.74, 6) is 0.101. The molecule has 4 nitrogen and oxygen atoms in total. The lowest BCUT2D eigenvalue weighted by atomic mass is 10.4. The monoisotopic (exact) mass is 152 g/mol. The second kappa shape index (κ2) is 1.98. The molecule has 1 N–H and O–H groups in total. The zero-order valence-electron chi connectivity index (χ0n) is 5.80. The van der Waals surface area contributed by atoms with Crippen LogP contribution in [-0.2, 0) is 0 Å². The molecule has 2 aromatic rings. The van der Waals surface area contributed by atoms with Gasteiger partial charge in [0.05, 0.1) is 5.39 Å². The second-order valence-corrected chi connectivity index (χ2v) is 2.19. The summed E-state index contributed by atoms with van der Waals surface area (Å²) in [4.78, 5) is 7.73. The van der Waals surface area contributed by atoms with Crippen LogP contribution in [0.3, 0.4) is 0 Å². The Balaban J connectivity index is 2.86. The number of fused-ring (bicyclic) bond motifs is 1. The zero-order valence-corrected chi connectivity index (χ0v) is 5.80. The van der Waals surface area contributed by atoms with Crippen LogP contribution in [0, 0.1) is 12.9 Å². The molecular formula is C6H5FN4. The summed E-state index contributed by atoms with van der Waals surface area (Å²) in [5, 5.41) is 6.14. The van der Waals surface area contributed by atoms with Gasteiger partial charge < -0.3 is 0 Å². The molecular weight excluding hydrogens is 147 g/mol. The van der Waals surface area contributed by atoms with E-state index in [0.717, 1.165) is 0 Å². The standard InChI is InChI=1S/C6H5FN4/c1-3-8-2-4-5(7)10-11-6(4)9-3/h2H,1H3,(H,8,9,10,11). The van der Waals surface area contributed by atoms with Gasteiger partial charge in [-0.05, 0) is 6.92 Å². The van der Waals surface area contributed by atoms with Crippen molar-refractivity contribution < 1.29 is 4.39 Å². The van der Waals surface area contributed by atoms with Crippen LogP contribution in [-0.4, -0.2) is 20.2 Å². The lowest BCUT2D eigenvalue weighted by Gasteiger charge is -1.87. The maximum Gasteiger partial charge on any atom is 0.220 e. The molecule has 11 heavy (non-hydrogen) atoms. The summed E-state index contributed by atoms with van der Waals surface area (Å²) in [7, 11) is 0. The highest BCUT2D eigenvalue weighted by Gasteiger charge is 2.04. The highest BCUT2D eigenvalue weighted by atomic mass is 19.1. The molecule has 0 saturated carbocycles. The molecule has 0 amide bonds. The topological polar surface area (TPSA) is 54.5 Å². The maximum atomic E-state index is 12.7. The minimum Gasteiger partial charge on any atom is -0.250 e. The summed E-state index contributed by atoms with van der Waals surface area (Å²) < 4.78 is 12.7. The summed E-state index contributed by atoms with van der Waals surface area (Å²) in [6.45, 7) is 1.73. The van der Waals surface area contributed by atoms with Crippen LogP contribution in [0.4, 0.5) is 4.39 Å². The number of nitrogens with zero attached hydrogens (tertiary/aromatic N) is 3. The number of rotatable bonds is 0. The van der Waals surface area contributed by atoms with Crippen LogP contribution >= 0.6 is 0 Å². The second-order valence-electron chi connectivity index (χ2n) is 2.19. The Hall–Kier alpha value is -1.52. The highest BCUT2D eigenvalue weighted by Crippen LogP contribution is 2.09. The number of aromatic amines is 1. The molecule has 2 heterocycles. The number of aromatic nitrogens is 4. The Morgan fingerprint density at radius 1 is 1.55 bits per heavy atom. The van der Waals surface area contributed by atoms with Crippen molar-refractivity contribution in [3.05, 3.63) is 18.0 Å². The third kappa shape index (κ3) is 0.849. The van der Waals surface area contributed by atoms with Gasteiger partial charge in [0.2, 0.25) is 5.95 Å². The van der Waals surface area contributed by atoms with Gasteiger partial charge in [-0.1, -0.05) is 0 Å². The van der Waals surface area contributed by atoms with Crippen molar-refractivity contribution in [3.63, 3.8) is 0 Å². The number of aryl methyl sites for hydroxylation is 1. The number of nitrogens with one attached hydrogen (secondary N) is 1. The molecule has 0 atom stereocenters. The Morgan fingerprint density at radius 3 is 3.18 bits per heavy atom. The molecule has 56 valence electrons. The van der Waals surface area contributed by atoms with Crippen molar-refractivity contribution in [1.82, 2.24) is 20.2 Å². The van der Waals surface area contributed by atoms with Gasteiger partial charge in [-0.25, -0.2) is 9.97 Å². The minimum absolute atomic E-state index is 0.329. The molecule has 2 aromatic heterocycles. The van der Waals surface area contributed by atoms with Gasteiger partial charge in [-0.15, -0.1) is 0 Å². The molecule has 2 rings (SSSR count). The average molecular weight is 152 g/mol. The molecule has 0 saturated heterocycles. The van der Waals surface area contributed by atoms with Crippen molar-refractivity contribution in [2.75, 3.05) is 0 Å². The van der Waals surface area contributed by atoms with Crippen LogP contribution in [0.25, 0.3) is 11.0 Å². The Bertz CT molecular complexity index is 394. The van der Waals surface area contributed by atoms with Gasteiger partial charge in [0.15, 0.2) is 5.65 Å². The first kappa shape index (κ1) is 6.21. The number of H-pyrrole nitrogens is 1. The van der Waals surface area contributed by atoms with Crippen molar-refractivity contribution in [2.24, 2.45) is 0 Å². The summed E-state index contributed by atoms with van der Waals surface area (Å²) in [6.07, 6.45) is 1.41. The molecule has 0 unspecified atom stereocenters. The Morgan fingerprint density at radius 2 is 2.36 bits per heavy atom. The van der Waals surface area contributed by atoms with E-state index in [2.05, 4.69) is 20.2 Å². The smallest absolute Gasteiger partial charge is 0.220 e. The van der Waals surface area contributed by atoms with Crippen LogP contribution < -0.4 is 0 Å². The van der Waals surface area contributed by atoms with Gasteiger partial charge >= 0.3 is 0 Å². The third-order valence-corrected chi connectivity index (χ3v) is 1.39. The summed E-state index contributed by atoms with van der Waals surface area (Å²) in [6, 6.07) is 0. The van der Waals surface area contributed by atoms with Crippen LogP contribution in [0.1, 0.15) is 5.82 Å². The predicted octanol–water partition coefficient (Wildman–Crippen LogP) is 0.800. The lowest BCUT2D eigenvalue weighted by molar-refractivity contribution is 0.588. The average Bonchev–Trinajstić information content (AvgIpc) is 2.32. The van der Waals surface area contributed by atoms with Gasteiger partial charge in [0.25, 0.3) is 0 Å². The van der Waals surface area contributed by atoms with E-state index in [0.29, 0.717) is 16.9 Å². The van der Waals surface area contributed by atoms with E-state index in [-0.39, 0.29) is 0 Å². The Kier molecular flexibility index (Phi) is 1.12. The first-order chi connectivity index (χ1) is 5.27. The lowest BCUT2D eigenvalue weighted by Crippen LogP contribution is -1.86. The van der Waals surface area contributed by atoms with Crippen LogP contribution in [0.2, 0.25) is 0 Å². The van der Waals surface area contributed by atoms with E-state index in [4.69, 9.17) is 0 Å². The first-order valence-electron chi connectivity index (χ1n) is 3.10. The van der Waals surface area contributed by atoms with Crippen LogP contribution in [0.5, 0.6) is 0 Å². The van der Waals surface area contributed by atoms with Crippen molar-refractivity contribution >= 4 is 11.0 Å². The first-order valence-corrected chi connectivity index (χ1v) is 3.10. The summed E-state index contributed by atoms with van der Waals surface area (Å²) in [5.41, 5.74) is 0.370. The fourth-order valence-electron chi connectivity index (χ4n) is 0.860. The summed E-state index contributed by atoms with van der Waals surface area (Å²) >= 11 is 0. The molecule has 5 heteroatoms. The van der Waals surface area contributed by atoms with Gasteiger partial charge in [-0.2, -0.15) is 9.49 Å². The normalized spacial score (nSPS) is 10.7. The van der Waals surface area contributed by atoms with E-state index in [1.807, 2.05) is 0 Å². The SMILES string of the molecule is Cc1ncc2c(F)[nH]nc2n1. The van der Waals surface area contributed by atoms with E-state index < -0.39 is 5.95 Å². The van der Waals surface area contributed by atoms with Crippen molar-refractivity contribution in [3.8, 4) is 0 Å². The molecule has 0 spiro atoms. The van der Waals surface area contributed by atoms with E-state index in [9.17, 15) is 4.39 Å². The van der Waals surface area contributed by atoms with Gasteiger partial charge in [0.1, 0.15) is 5.82 Å². The fourth-order valence-corrected chi connectivity index (χ4v) is 0.860. The molecule has 0 fully saturated rings. The molecule has 0 aliphatic heterocycles. The number of halogens is 1. The third-order valence-electron chi connectivity index (χ3n) is 1.39.